The van der Waals surface area contributed by atoms with Crippen molar-refractivity contribution in [2.24, 2.45) is 0 Å². The minimum Gasteiger partial charge on any atom is -0.484 e. The van der Waals surface area contributed by atoms with Crippen LogP contribution in [0, 0.1) is 6.92 Å². The summed E-state index contributed by atoms with van der Waals surface area (Å²) < 4.78 is 16.1. The molecule has 0 unspecified atom stereocenters. The molecule has 3 rings (SSSR count). The van der Waals surface area contributed by atoms with E-state index in [4.69, 9.17) is 14.2 Å². The SMILES string of the molecule is CCOC(=O)c1ccc(N2CCOCC2)c(NC(=O)COc2cccc(C)c2)c1. The average Bonchev–Trinajstić information content (AvgIpc) is 2.73. The van der Waals surface area contributed by atoms with E-state index in [1.807, 2.05) is 31.2 Å². The summed E-state index contributed by atoms with van der Waals surface area (Å²) in [6.07, 6.45) is 0. The van der Waals surface area contributed by atoms with Gasteiger partial charge < -0.3 is 24.4 Å². The van der Waals surface area contributed by atoms with Crippen LogP contribution < -0.4 is 15.0 Å². The molecule has 0 atom stereocenters. The van der Waals surface area contributed by atoms with E-state index in [0.29, 0.717) is 43.3 Å². The van der Waals surface area contributed by atoms with Gasteiger partial charge in [-0.3, -0.25) is 4.79 Å². The summed E-state index contributed by atoms with van der Waals surface area (Å²) in [5, 5.41) is 2.88. The van der Waals surface area contributed by atoms with Crippen LogP contribution in [0.25, 0.3) is 0 Å². The van der Waals surface area contributed by atoms with Crippen LogP contribution in [0.3, 0.4) is 0 Å². The fraction of sp³-hybridized carbons (Fsp3) is 0.364. The number of carbonyl (C=O) groups excluding carboxylic acids is 2. The number of morpholine rings is 1. The van der Waals surface area contributed by atoms with E-state index in [9.17, 15) is 9.59 Å². The lowest BCUT2D eigenvalue weighted by atomic mass is 10.1. The fourth-order valence-corrected chi connectivity index (χ4v) is 3.10. The van der Waals surface area contributed by atoms with E-state index in [1.165, 1.54) is 0 Å². The zero-order valence-corrected chi connectivity index (χ0v) is 16.8. The summed E-state index contributed by atoms with van der Waals surface area (Å²) in [6.45, 7) is 6.52. The van der Waals surface area contributed by atoms with Crippen molar-refractivity contribution >= 4 is 23.3 Å². The van der Waals surface area contributed by atoms with Crippen LogP contribution in [0.15, 0.2) is 42.5 Å². The first-order valence-electron chi connectivity index (χ1n) is 9.70. The number of amides is 1. The van der Waals surface area contributed by atoms with Crippen molar-refractivity contribution in [2.75, 3.05) is 49.7 Å². The Balaban J connectivity index is 1.75. The molecule has 0 bridgehead atoms. The molecule has 7 nitrogen and oxygen atoms in total. The molecular weight excluding hydrogens is 372 g/mol. The Labute approximate surface area is 170 Å². The van der Waals surface area contributed by atoms with Crippen molar-refractivity contribution in [1.82, 2.24) is 0 Å². The van der Waals surface area contributed by atoms with E-state index >= 15 is 0 Å². The number of nitrogens with zero attached hydrogens (tertiary/aromatic N) is 1. The molecule has 1 saturated heterocycles. The van der Waals surface area contributed by atoms with Crippen molar-refractivity contribution < 1.29 is 23.8 Å². The van der Waals surface area contributed by atoms with E-state index < -0.39 is 5.97 Å². The van der Waals surface area contributed by atoms with Crippen LogP contribution in [-0.2, 0) is 14.3 Å². The Bertz CT molecular complexity index is 862. The van der Waals surface area contributed by atoms with Crippen molar-refractivity contribution in [1.29, 1.82) is 0 Å². The minimum atomic E-state index is -0.424. The molecule has 1 aliphatic rings. The lowest BCUT2D eigenvalue weighted by Crippen LogP contribution is -2.37. The number of carbonyl (C=O) groups is 2. The fourth-order valence-electron chi connectivity index (χ4n) is 3.10. The number of benzene rings is 2. The monoisotopic (exact) mass is 398 g/mol. The summed E-state index contributed by atoms with van der Waals surface area (Å²) in [4.78, 5) is 26.8. The Morgan fingerprint density at radius 1 is 1.14 bits per heavy atom. The lowest BCUT2D eigenvalue weighted by Gasteiger charge is -2.30. The Morgan fingerprint density at radius 3 is 2.66 bits per heavy atom. The zero-order valence-electron chi connectivity index (χ0n) is 16.8. The number of ether oxygens (including phenoxy) is 3. The lowest BCUT2D eigenvalue weighted by molar-refractivity contribution is -0.118. The predicted octanol–water partition coefficient (Wildman–Crippen LogP) is 3.03. The number of nitrogens with one attached hydrogen (secondary N) is 1. The number of aryl methyl sites for hydroxylation is 1. The molecule has 0 radical (unpaired) electrons. The summed E-state index contributed by atoms with van der Waals surface area (Å²) in [5.74, 6) is -0.0941. The van der Waals surface area contributed by atoms with Gasteiger partial charge in [0.2, 0.25) is 0 Å². The first-order valence-corrected chi connectivity index (χ1v) is 9.70. The summed E-state index contributed by atoms with van der Waals surface area (Å²) >= 11 is 0. The average molecular weight is 398 g/mol. The first-order chi connectivity index (χ1) is 14.1. The maximum Gasteiger partial charge on any atom is 0.338 e. The smallest absolute Gasteiger partial charge is 0.338 e. The Morgan fingerprint density at radius 2 is 1.93 bits per heavy atom. The third-order valence-corrected chi connectivity index (χ3v) is 4.49. The van der Waals surface area contributed by atoms with Crippen LogP contribution in [0.2, 0.25) is 0 Å². The number of esters is 1. The maximum absolute atomic E-state index is 12.5. The van der Waals surface area contributed by atoms with Gasteiger partial charge in [0.25, 0.3) is 5.91 Å². The second-order valence-electron chi connectivity index (χ2n) is 6.71. The first kappa shape index (κ1) is 20.7. The second kappa shape index (κ2) is 9.93. The third kappa shape index (κ3) is 5.71. The van der Waals surface area contributed by atoms with E-state index in [-0.39, 0.29) is 19.1 Å². The van der Waals surface area contributed by atoms with Gasteiger partial charge in [0.05, 0.1) is 36.8 Å². The van der Waals surface area contributed by atoms with Crippen molar-refractivity contribution in [3.63, 3.8) is 0 Å². The van der Waals surface area contributed by atoms with Crippen LogP contribution >= 0.6 is 0 Å². The molecule has 1 N–H and O–H groups in total. The molecule has 0 spiro atoms. The van der Waals surface area contributed by atoms with Gasteiger partial charge in [-0.1, -0.05) is 12.1 Å². The van der Waals surface area contributed by atoms with Crippen molar-refractivity contribution in [3.8, 4) is 5.75 Å². The van der Waals surface area contributed by atoms with Crippen LogP contribution in [0.1, 0.15) is 22.8 Å². The third-order valence-electron chi connectivity index (χ3n) is 4.49. The molecular formula is C22H26N2O5. The standard InChI is InChI=1S/C22H26N2O5/c1-3-28-22(26)17-7-8-20(24-9-11-27-12-10-24)19(14-17)23-21(25)15-29-18-6-4-5-16(2)13-18/h4-8,13-14H,3,9-12,15H2,1-2H3,(H,23,25). The maximum atomic E-state index is 12.5. The number of hydrogen-bond donors (Lipinski definition) is 1. The van der Waals surface area contributed by atoms with Gasteiger partial charge in [-0.2, -0.15) is 0 Å². The van der Waals surface area contributed by atoms with Crippen molar-refractivity contribution in [3.05, 3.63) is 53.6 Å². The molecule has 1 heterocycles. The molecule has 7 heteroatoms. The Kier molecular flexibility index (Phi) is 7.08. The molecule has 1 fully saturated rings. The highest BCUT2D eigenvalue weighted by Crippen LogP contribution is 2.28. The molecule has 0 aromatic heterocycles. The largest absolute Gasteiger partial charge is 0.484 e. The highest BCUT2D eigenvalue weighted by Gasteiger charge is 2.19. The number of hydrogen-bond acceptors (Lipinski definition) is 6. The van der Waals surface area contributed by atoms with E-state index in [0.717, 1.165) is 11.3 Å². The second-order valence-corrected chi connectivity index (χ2v) is 6.71. The van der Waals surface area contributed by atoms with Gasteiger partial charge in [-0.05, 0) is 49.7 Å². The topological polar surface area (TPSA) is 77.1 Å². The Hall–Kier alpha value is -3.06. The number of anilines is 2. The summed E-state index contributed by atoms with van der Waals surface area (Å²) in [7, 11) is 0. The normalized spacial score (nSPS) is 13.7. The molecule has 1 aliphatic heterocycles. The predicted molar refractivity (Wildman–Crippen MR) is 111 cm³/mol. The highest BCUT2D eigenvalue weighted by molar-refractivity contribution is 5.98. The molecule has 0 aliphatic carbocycles. The summed E-state index contributed by atoms with van der Waals surface area (Å²) in [5.41, 5.74) is 2.83. The quantitative estimate of drug-likeness (QED) is 0.723. The number of rotatable bonds is 7. The molecule has 2 aromatic carbocycles. The minimum absolute atomic E-state index is 0.129. The van der Waals surface area contributed by atoms with Gasteiger partial charge in [-0.25, -0.2) is 4.79 Å². The molecule has 1 amide bonds. The molecule has 154 valence electrons. The van der Waals surface area contributed by atoms with Crippen LogP contribution in [-0.4, -0.2) is 51.4 Å². The van der Waals surface area contributed by atoms with Crippen LogP contribution in [0.4, 0.5) is 11.4 Å². The van der Waals surface area contributed by atoms with E-state index in [1.54, 1.807) is 25.1 Å². The van der Waals surface area contributed by atoms with Gasteiger partial charge >= 0.3 is 5.97 Å². The molecule has 2 aromatic rings. The zero-order chi connectivity index (χ0) is 20.6. The van der Waals surface area contributed by atoms with Gasteiger partial charge in [0.1, 0.15) is 5.75 Å². The van der Waals surface area contributed by atoms with Gasteiger partial charge in [0.15, 0.2) is 6.61 Å². The van der Waals surface area contributed by atoms with Gasteiger partial charge in [-0.15, -0.1) is 0 Å². The van der Waals surface area contributed by atoms with Gasteiger partial charge in [0, 0.05) is 13.1 Å². The van der Waals surface area contributed by atoms with Crippen LogP contribution in [0.5, 0.6) is 5.75 Å². The molecule has 0 saturated carbocycles. The van der Waals surface area contributed by atoms with E-state index in [2.05, 4.69) is 10.2 Å². The van der Waals surface area contributed by atoms with Crippen molar-refractivity contribution in [2.45, 2.75) is 13.8 Å². The molecule has 29 heavy (non-hydrogen) atoms. The highest BCUT2D eigenvalue weighted by atomic mass is 16.5. The summed E-state index contributed by atoms with van der Waals surface area (Å²) in [6, 6.07) is 12.7.